The van der Waals surface area contributed by atoms with Crippen molar-refractivity contribution < 1.29 is 17.6 Å². The molecular weight excluding hydrogens is 781 g/mol. The van der Waals surface area contributed by atoms with Crippen LogP contribution in [0, 0.1) is 45.9 Å². The summed E-state index contributed by atoms with van der Waals surface area (Å²) in [5.41, 5.74) is 4.14. The van der Waals surface area contributed by atoms with Crippen LogP contribution in [0.2, 0.25) is 0 Å². The SMILES string of the molecule is N#Cc1ccccc1-c1cc(F)cc(F)c1N(c1ccccc1)c1ccc2ccc3c(N(c4ccccc4)c4c(F)cc(F)cc4-c4ccccc4C#N)ccc4ccc1c2c43. The zero-order valence-corrected chi connectivity index (χ0v) is 32.6. The van der Waals surface area contributed by atoms with Crippen LogP contribution in [0.5, 0.6) is 0 Å². The Balaban J connectivity index is 1.27. The van der Waals surface area contributed by atoms with Crippen molar-refractivity contribution in [1.29, 1.82) is 10.5 Å². The zero-order chi connectivity index (χ0) is 42.5. The van der Waals surface area contributed by atoms with Gasteiger partial charge in [0.1, 0.15) is 11.6 Å². The Morgan fingerprint density at radius 3 is 1.15 bits per heavy atom. The summed E-state index contributed by atoms with van der Waals surface area (Å²) in [6.07, 6.45) is 0. The van der Waals surface area contributed by atoms with Gasteiger partial charge in [0.25, 0.3) is 0 Å². The topological polar surface area (TPSA) is 54.1 Å². The van der Waals surface area contributed by atoms with E-state index in [9.17, 15) is 10.5 Å². The molecule has 0 unspecified atom stereocenters. The fourth-order valence-corrected chi connectivity index (χ4v) is 8.72. The number of halogens is 4. The van der Waals surface area contributed by atoms with Crippen LogP contribution in [0.3, 0.4) is 0 Å². The molecular formula is C54H30F4N4. The molecule has 10 rings (SSSR count). The van der Waals surface area contributed by atoms with Crippen molar-refractivity contribution >= 4 is 66.4 Å². The summed E-state index contributed by atoms with van der Waals surface area (Å²) in [5.74, 6) is -3.22. The molecule has 0 aliphatic rings. The fraction of sp³-hybridized carbons (Fsp3) is 0. The largest absolute Gasteiger partial charge is 0.307 e. The molecule has 10 aromatic carbocycles. The Hall–Kier alpha value is -8.46. The highest BCUT2D eigenvalue weighted by Gasteiger charge is 2.28. The molecule has 62 heavy (non-hydrogen) atoms. The molecule has 0 bridgehead atoms. The third-order valence-corrected chi connectivity index (χ3v) is 11.3. The van der Waals surface area contributed by atoms with Crippen LogP contribution in [0.4, 0.5) is 51.7 Å². The van der Waals surface area contributed by atoms with Gasteiger partial charge < -0.3 is 9.80 Å². The van der Waals surface area contributed by atoms with Crippen molar-refractivity contribution in [3.05, 3.63) is 216 Å². The Kier molecular flexibility index (Phi) is 9.32. The van der Waals surface area contributed by atoms with Crippen molar-refractivity contribution in [2.75, 3.05) is 9.80 Å². The summed E-state index contributed by atoms with van der Waals surface area (Å²) in [6, 6.07) is 56.1. The quantitative estimate of drug-likeness (QED) is 0.113. The summed E-state index contributed by atoms with van der Waals surface area (Å²) in [5, 5.41) is 25.1. The average molecular weight is 811 g/mol. The lowest BCUT2D eigenvalue weighted by molar-refractivity contribution is 0.584. The summed E-state index contributed by atoms with van der Waals surface area (Å²) < 4.78 is 64.0. The minimum Gasteiger partial charge on any atom is -0.307 e. The third-order valence-electron chi connectivity index (χ3n) is 11.3. The van der Waals surface area contributed by atoms with E-state index >= 15 is 17.6 Å². The van der Waals surface area contributed by atoms with Gasteiger partial charge in [-0.15, -0.1) is 0 Å². The second kappa shape index (κ2) is 15.3. The number of anilines is 6. The van der Waals surface area contributed by atoms with Crippen LogP contribution in [-0.2, 0) is 0 Å². The summed E-state index contributed by atoms with van der Waals surface area (Å²) >= 11 is 0. The minimum absolute atomic E-state index is 0.0586. The van der Waals surface area contributed by atoms with Gasteiger partial charge in [-0.25, -0.2) is 17.6 Å². The molecule has 0 saturated carbocycles. The van der Waals surface area contributed by atoms with Crippen LogP contribution in [0.1, 0.15) is 11.1 Å². The van der Waals surface area contributed by atoms with E-state index in [1.807, 2.05) is 109 Å². The first-order valence-electron chi connectivity index (χ1n) is 19.7. The van der Waals surface area contributed by atoms with Gasteiger partial charge in [-0.05, 0) is 82.2 Å². The van der Waals surface area contributed by atoms with Crippen LogP contribution < -0.4 is 9.80 Å². The lowest BCUT2D eigenvalue weighted by Gasteiger charge is -2.31. The van der Waals surface area contributed by atoms with Gasteiger partial charge >= 0.3 is 0 Å². The van der Waals surface area contributed by atoms with E-state index in [4.69, 9.17) is 0 Å². The minimum atomic E-state index is -0.821. The first kappa shape index (κ1) is 37.8. The molecule has 0 radical (unpaired) electrons. The molecule has 0 N–H and O–H groups in total. The first-order chi connectivity index (χ1) is 30.3. The van der Waals surface area contributed by atoms with E-state index < -0.39 is 23.3 Å². The summed E-state index contributed by atoms with van der Waals surface area (Å²) in [7, 11) is 0. The van der Waals surface area contributed by atoms with Crippen LogP contribution in [0.15, 0.2) is 182 Å². The highest BCUT2D eigenvalue weighted by molar-refractivity contribution is 6.28. The molecule has 0 spiro atoms. The number of rotatable bonds is 8. The molecule has 0 fully saturated rings. The zero-order valence-electron chi connectivity index (χ0n) is 32.6. The normalized spacial score (nSPS) is 11.2. The smallest absolute Gasteiger partial charge is 0.150 e. The van der Waals surface area contributed by atoms with Crippen molar-refractivity contribution in [1.82, 2.24) is 0 Å². The molecule has 10 aromatic rings. The van der Waals surface area contributed by atoms with Gasteiger partial charge in [0.15, 0.2) is 11.6 Å². The molecule has 294 valence electrons. The van der Waals surface area contributed by atoms with Gasteiger partial charge in [0, 0.05) is 56.5 Å². The van der Waals surface area contributed by atoms with E-state index in [1.54, 1.807) is 58.3 Å². The van der Waals surface area contributed by atoms with Gasteiger partial charge in [-0.3, -0.25) is 0 Å². The molecule has 0 heterocycles. The van der Waals surface area contributed by atoms with Crippen molar-refractivity contribution in [2.24, 2.45) is 0 Å². The van der Waals surface area contributed by atoms with Crippen LogP contribution in [0.25, 0.3) is 54.6 Å². The van der Waals surface area contributed by atoms with Crippen LogP contribution in [-0.4, -0.2) is 0 Å². The van der Waals surface area contributed by atoms with E-state index in [2.05, 4.69) is 12.1 Å². The van der Waals surface area contributed by atoms with Gasteiger partial charge in [-0.2, -0.15) is 10.5 Å². The van der Waals surface area contributed by atoms with Crippen molar-refractivity contribution in [3.8, 4) is 34.4 Å². The molecule has 0 saturated heterocycles. The Bertz CT molecular complexity index is 3220. The second-order valence-corrected chi connectivity index (χ2v) is 14.8. The first-order valence-corrected chi connectivity index (χ1v) is 19.7. The number of hydrogen-bond donors (Lipinski definition) is 0. The predicted molar refractivity (Wildman–Crippen MR) is 240 cm³/mol. The highest BCUT2D eigenvalue weighted by atomic mass is 19.1. The Morgan fingerprint density at radius 2 is 0.742 bits per heavy atom. The highest BCUT2D eigenvalue weighted by Crippen LogP contribution is 2.51. The van der Waals surface area contributed by atoms with E-state index in [0.29, 0.717) is 33.9 Å². The van der Waals surface area contributed by atoms with E-state index in [1.165, 1.54) is 12.1 Å². The third kappa shape index (κ3) is 6.22. The molecule has 0 aliphatic heterocycles. The number of benzene rings is 10. The van der Waals surface area contributed by atoms with Gasteiger partial charge in [0.2, 0.25) is 0 Å². The predicted octanol–water partition coefficient (Wildman–Crippen LogP) is 15.2. The van der Waals surface area contributed by atoms with Gasteiger partial charge in [-0.1, -0.05) is 109 Å². The number of nitriles is 2. The Labute approximate surface area is 353 Å². The maximum absolute atomic E-state index is 16.7. The second-order valence-electron chi connectivity index (χ2n) is 14.8. The van der Waals surface area contributed by atoms with E-state index in [-0.39, 0.29) is 33.6 Å². The maximum atomic E-state index is 16.7. The van der Waals surface area contributed by atoms with Crippen molar-refractivity contribution in [3.63, 3.8) is 0 Å². The lowest BCUT2D eigenvalue weighted by atomic mass is 9.91. The van der Waals surface area contributed by atoms with Crippen molar-refractivity contribution in [2.45, 2.75) is 0 Å². The monoisotopic (exact) mass is 810 g/mol. The summed E-state index contributed by atoms with van der Waals surface area (Å²) in [4.78, 5) is 3.52. The summed E-state index contributed by atoms with van der Waals surface area (Å²) in [6.45, 7) is 0. The maximum Gasteiger partial charge on any atom is 0.150 e. The molecule has 0 atom stereocenters. The average Bonchev–Trinajstić information content (AvgIpc) is 3.30. The lowest BCUT2D eigenvalue weighted by Crippen LogP contribution is -2.15. The Morgan fingerprint density at radius 1 is 0.371 bits per heavy atom. The number of nitrogens with zero attached hydrogens (tertiary/aromatic N) is 4. The van der Waals surface area contributed by atoms with E-state index in [0.717, 1.165) is 44.5 Å². The molecule has 8 heteroatoms. The standard InChI is InChI=1S/C54H30F4N4/c55-37-27-45(41-17-9-7-11-35(41)31-59)53(47(57)29-37)61(39-13-3-1-4-14-39)49-25-21-33-20-24-44-50(26-22-34-19-23-43(49)51(33)52(34)44)62(40-15-5-2-6-16-40)54-46(28-38(56)30-48(54)58)42-18-10-8-12-36(42)32-60/h1-30H. The van der Waals surface area contributed by atoms with Gasteiger partial charge in [0.05, 0.1) is 46.0 Å². The molecule has 0 amide bonds. The molecule has 4 nitrogen and oxygen atoms in total. The molecule has 0 aliphatic carbocycles. The number of para-hydroxylation sites is 2. The number of hydrogen-bond acceptors (Lipinski definition) is 4. The fourth-order valence-electron chi connectivity index (χ4n) is 8.72. The molecule has 0 aromatic heterocycles. The van der Waals surface area contributed by atoms with Crippen LogP contribution >= 0.6 is 0 Å².